The zero-order valence-corrected chi connectivity index (χ0v) is 19.6. The Labute approximate surface area is 198 Å². The molecule has 0 fully saturated rings. The molecule has 7 nitrogen and oxygen atoms in total. The SMILES string of the molecule is C[C@H](NC(=O)c1ccc(Cl)cc1)c1nnc(SCC(=O)Nc2cc(Cl)cc(Cl)c2)n1C. The van der Waals surface area contributed by atoms with Crippen molar-refractivity contribution in [2.45, 2.75) is 18.1 Å². The van der Waals surface area contributed by atoms with Gasteiger partial charge in [0.05, 0.1) is 11.8 Å². The second-order valence-electron chi connectivity index (χ2n) is 6.60. The fourth-order valence-corrected chi connectivity index (χ4v) is 4.10. The Balaban J connectivity index is 1.58. The van der Waals surface area contributed by atoms with Gasteiger partial charge in [-0.1, -0.05) is 46.6 Å². The van der Waals surface area contributed by atoms with E-state index in [1.807, 2.05) is 6.92 Å². The maximum absolute atomic E-state index is 12.4. The summed E-state index contributed by atoms with van der Waals surface area (Å²) in [6.45, 7) is 1.81. The Hall–Kier alpha value is -2.26. The Morgan fingerprint density at radius 3 is 2.32 bits per heavy atom. The molecule has 0 aliphatic heterocycles. The van der Waals surface area contributed by atoms with Crippen LogP contribution in [0, 0.1) is 0 Å². The molecule has 0 spiro atoms. The highest BCUT2D eigenvalue weighted by molar-refractivity contribution is 7.99. The van der Waals surface area contributed by atoms with Gasteiger partial charge in [0.15, 0.2) is 11.0 Å². The van der Waals surface area contributed by atoms with Crippen molar-refractivity contribution in [3.8, 4) is 0 Å². The van der Waals surface area contributed by atoms with E-state index in [2.05, 4.69) is 20.8 Å². The number of rotatable bonds is 7. The summed E-state index contributed by atoms with van der Waals surface area (Å²) in [4.78, 5) is 24.7. The molecule has 3 rings (SSSR count). The van der Waals surface area contributed by atoms with E-state index in [-0.39, 0.29) is 17.6 Å². The highest BCUT2D eigenvalue weighted by Gasteiger charge is 2.19. The van der Waals surface area contributed by atoms with Crippen molar-refractivity contribution in [1.82, 2.24) is 20.1 Å². The van der Waals surface area contributed by atoms with E-state index in [0.717, 1.165) is 0 Å². The molecule has 0 aliphatic carbocycles. The zero-order valence-electron chi connectivity index (χ0n) is 16.5. The number of amides is 2. The predicted octanol–water partition coefficient (Wildman–Crippen LogP) is 5.00. The number of carbonyl (C=O) groups excluding carboxylic acids is 2. The number of aromatic nitrogens is 3. The maximum Gasteiger partial charge on any atom is 0.251 e. The quantitative estimate of drug-likeness (QED) is 0.448. The lowest BCUT2D eigenvalue weighted by Gasteiger charge is -2.13. The van der Waals surface area contributed by atoms with Crippen LogP contribution in [0.5, 0.6) is 0 Å². The van der Waals surface area contributed by atoms with Gasteiger partial charge >= 0.3 is 0 Å². The minimum Gasteiger partial charge on any atom is -0.342 e. The normalized spacial score (nSPS) is 11.8. The van der Waals surface area contributed by atoms with Crippen LogP contribution in [-0.4, -0.2) is 32.3 Å². The summed E-state index contributed by atoms with van der Waals surface area (Å²) in [5, 5.41) is 15.9. The molecule has 162 valence electrons. The van der Waals surface area contributed by atoms with Gasteiger partial charge in [-0.15, -0.1) is 10.2 Å². The average Bonchev–Trinajstić information content (AvgIpc) is 3.06. The smallest absolute Gasteiger partial charge is 0.251 e. The molecule has 1 atom stereocenters. The van der Waals surface area contributed by atoms with Gasteiger partial charge in [0.25, 0.3) is 5.91 Å². The van der Waals surface area contributed by atoms with Gasteiger partial charge < -0.3 is 15.2 Å². The summed E-state index contributed by atoms with van der Waals surface area (Å²) in [5.74, 6) is 0.187. The van der Waals surface area contributed by atoms with Gasteiger partial charge in [-0.3, -0.25) is 9.59 Å². The van der Waals surface area contributed by atoms with Crippen LogP contribution in [0.25, 0.3) is 0 Å². The summed E-state index contributed by atoms with van der Waals surface area (Å²) in [7, 11) is 1.78. The maximum atomic E-state index is 12.4. The predicted molar refractivity (Wildman–Crippen MR) is 124 cm³/mol. The van der Waals surface area contributed by atoms with Crippen LogP contribution in [0.3, 0.4) is 0 Å². The molecular weight excluding hydrogens is 481 g/mol. The van der Waals surface area contributed by atoms with E-state index in [9.17, 15) is 9.59 Å². The molecule has 0 unspecified atom stereocenters. The van der Waals surface area contributed by atoms with Crippen molar-refractivity contribution in [3.63, 3.8) is 0 Å². The lowest BCUT2D eigenvalue weighted by molar-refractivity contribution is -0.113. The fourth-order valence-electron chi connectivity index (χ4n) is 2.73. The number of anilines is 1. The minimum absolute atomic E-state index is 0.113. The fraction of sp³-hybridized carbons (Fsp3) is 0.200. The first-order valence-corrected chi connectivity index (χ1v) is 11.2. The van der Waals surface area contributed by atoms with Gasteiger partial charge in [0, 0.05) is 33.4 Å². The number of hydrogen-bond acceptors (Lipinski definition) is 5. The number of benzene rings is 2. The number of hydrogen-bond donors (Lipinski definition) is 2. The molecule has 2 N–H and O–H groups in total. The average molecular weight is 499 g/mol. The van der Waals surface area contributed by atoms with Gasteiger partial charge in [-0.25, -0.2) is 0 Å². The van der Waals surface area contributed by atoms with Gasteiger partial charge in [-0.05, 0) is 49.4 Å². The van der Waals surface area contributed by atoms with E-state index in [0.29, 0.717) is 37.3 Å². The third-order valence-corrected chi connectivity index (χ3v) is 5.90. The van der Waals surface area contributed by atoms with E-state index < -0.39 is 6.04 Å². The highest BCUT2D eigenvalue weighted by atomic mass is 35.5. The van der Waals surface area contributed by atoms with Crippen molar-refractivity contribution in [3.05, 3.63) is 68.9 Å². The lowest BCUT2D eigenvalue weighted by Crippen LogP contribution is -2.28. The molecule has 2 amide bonds. The molecule has 0 radical (unpaired) electrons. The minimum atomic E-state index is -0.391. The van der Waals surface area contributed by atoms with Gasteiger partial charge in [0.2, 0.25) is 5.91 Å². The molecule has 3 aromatic rings. The summed E-state index contributed by atoms with van der Waals surface area (Å²) < 4.78 is 1.74. The second-order valence-corrected chi connectivity index (χ2v) is 8.85. The van der Waals surface area contributed by atoms with Crippen LogP contribution in [0.2, 0.25) is 15.1 Å². The number of carbonyl (C=O) groups is 2. The van der Waals surface area contributed by atoms with Crippen LogP contribution in [0.1, 0.15) is 29.1 Å². The first kappa shape index (κ1) is 23.4. The largest absolute Gasteiger partial charge is 0.342 e. The summed E-state index contributed by atoms with van der Waals surface area (Å²) in [6, 6.07) is 11.0. The van der Waals surface area contributed by atoms with Crippen LogP contribution in [-0.2, 0) is 11.8 Å². The van der Waals surface area contributed by atoms with Crippen LogP contribution < -0.4 is 10.6 Å². The summed E-state index contributed by atoms with van der Waals surface area (Å²) in [5.41, 5.74) is 1.01. The number of thioether (sulfide) groups is 1. The van der Waals surface area contributed by atoms with E-state index in [4.69, 9.17) is 34.8 Å². The van der Waals surface area contributed by atoms with Crippen LogP contribution in [0.15, 0.2) is 47.6 Å². The standard InChI is InChI=1S/C20H18Cl3N5O2S/c1-11(24-19(30)12-3-5-13(21)6-4-12)18-26-27-20(28(18)2)31-10-17(29)25-16-8-14(22)7-15(23)9-16/h3-9,11H,10H2,1-2H3,(H,24,30)(H,25,29)/t11-/m0/s1. The number of halogens is 3. The van der Waals surface area contributed by atoms with Crippen molar-refractivity contribution in [1.29, 1.82) is 0 Å². The third kappa shape index (κ3) is 6.36. The van der Waals surface area contributed by atoms with Gasteiger partial charge in [0.1, 0.15) is 0 Å². The van der Waals surface area contributed by atoms with E-state index in [1.165, 1.54) is 11.8 Å². The molecular formula is C20H18Cl3N5O2S. The highest BCUT2D eigenvalue weighted by Crippen LogP contribution is 2.24. The number of nitrogens with zero attached hydrogens (tertiary/aromatic N) is 3. The van der Waals surface area contributed by atoms with Crippen molar-refractivity contribution >= 4 is 64.1 Å². The van der Waals surface area contributed by atoms with Gasteiger partial charge in [-0.2, -0.15) is 0 Å². The topological polar surface area (TPSA) is 88.9 Å². The lowest BCUT2D eigenvalue weighted by atomic mass is 10.2. The molecule has 0 aliphatic rings. The molecule has 0 bridgehead atoms. The zero-order chi connectivity index (χ0) is 22.5. The molecule has 2 aromatic carbocycles. The Kier molecular flexibility index (Phi) is 7.83. The molecule has 31 heavy (non-hydrogen) atoms. The Bertz CT molecular complexity index is 1080. The first-order chi connectivity index (χ1) is 14.7. The second kappa shape index (κ2) is 10.4. The Morgan fingerprint density at radius 1 is 1.03 bits per heavy atom. The van der Waals surface area contributed by atoms with E-state index in [1.54, 1.807) is 54.1 Å². The monoisotopic (exact) mass is 497 g/mol. The van der Waals surface area contributed by atoms with E-state index >= 15 is 0 Å². The molecule has 0 saturated heterocycles. The summed E-state index contributed by atoms with van der Waals surface area (Å²) in [6.07, 6.45) is 0. The van der Waals surface area contributed by atoms with Crippen molar-refractivity contribution in [2.24, 2.45) is 7.05 Å². The molecule has 0 saturated carbocycles. The molecule has 11 heteroatoms. The van der Waals surface area contributed by atoms with Crippen LogP contribution >= 0.6 is 46.6 Å². The molecule has 1 aromatic heterocycles. The summed E-state index contributed by atoms with van der Waals surface area (Å²) >= 11 is 19.0. The van der Waals surface area contributed by atoms with Crippen molar-refractivity contribution < 1.29 is 9.59 Å². The van der Waals surface area contributed by atoms with Crippen molar-refractivity contribution in [2.75, 3.05) is 11.1 Å². The molecule has 1 heterocycles. The van der Waals surface area contributed by atoms with Crippen LogP contribution in [0.4, 0.5) is 5.69 Å². The first-order valence-electron chi connectivity index (χ1n) is 9.07. The third-order valence-electron chi connectivity index (χ3n) is 4.19. The number of nitrogens with one attached hydrogen (secondary N) is 2. The Morgan fingerprint density at radius 2 is 1.68 bits per heavy atom.